The van der Waals surface area contributed by atoms with Crippen LogP contribution in [0.5, 0.6) is 5.75 Å². The molecule has 1 saturated heterocycles. The number of rotatable bonds is 2. The van der Waals surface area contributed by atoms with Crippen molar-refractivity contribution < 1.29 is 9.53 Å². The standard InChI is InChI=1S/C18H19NO2S2/c1-11-8-13-9-12(6-7-15(13)21-11)10-16-17(20)19(18(22)23-16)14-4-2-3-5-14/h6-7,9-11,14H,2-5,8H2,1H3/b16-10-. The highest BCUT2D eigenvalue weighted by Gasteiger charge is 2.38. The zero-order chi connectivity index (χ0) is 16.0. The number of amides is 1. The van der Waals surface area contributed by atoms with Crippen molar-refractivity contribution in [1.82, 2.24) is 4.90 Å². The number of carbonyl (C=O) groups excluding carboxylic acids is 1. The number of ether oxygens (including phenoxy) is 1. The molecule has 1 aromatic rings. The van der Waals surface area contributed by atoms with Crippen LogP contribution in [0.1, 0.15) is 43.7 Å². The van der Waals surface area contributed by atoms with Gasteiger partial charge in [0, 0.05) is 12.5 Å². The van der Waals surface area contributed by atoms with Crippen LogP contribution in [0.4, 0.5) is 0 Å². The molecule has 0 aromatic heterocycles. The maximum atomic E-state index is 12.7. The molecule has 1 unspecified atom stereocenters. The molecular formula is C18H19NO2S2. The maximum absolute atomic E-state index is 12.7. The van der Waals surface area contributed by atoms with Gasteiger partial charge in [-0.05, 0) is 49.1 Å². The third-order valence-electron chi connectivity index (χ3n) is 4.73. The molecule has 0 radical (unpaired) electrons. The predicted molar refractivity (Wildman–Crippen MR) is 97.5 cm³/mol. The molecule has 1 amide bonds. The Labute approximate surface area is 146 Å². The van der Waals surface area contributed by atoms with Crippen LogP contribution in [-0.2, 0) is 11.2 Å². The van der Waals surface area contributed by atoms with Gasteiger partial charge in [-0.2, -0.15) is 0 Å². The Hall–Kier alpha value is -1.33. The van der Waals surface area contributed by atoms with Crippen molar-refractivity contribution in [1.29, 1.82) is 0 Å². The molecule has 1 aromatic carbocycles. The van der Waals surface area contributed by atoms with Gasteiger partial charge in [-0.15, -0.1) is 0 Å². The number of carbonyl (C=O) groups is 1. The number of hydrogen-bond acceptors (Lipinski definition) is 4. The van der Waals surface area contributed by atoms with Crippen molar-refractivity contribution in [3.05, 3.63) is 34.2 Å². The molecule has 0 spiro atoms. The molecule has 2 fully saturated rings. The van der Waals surface area contributed by atoms with E-state index in [1.165, 1.54) is 30.2 Å². The summed E-state index contributed by atoms with van der Waals surface area (Å²) in [4.78, 5) is 15.3. The van der Waals surface area contributed by atoms with Crippen LogP contribution in [-0.4, -0.2) is 27.3 Å². The smallest absolute Gasteiger partial charge is 0.266 e. The number of benzene rings is 1. The Morgan fingerprint density at radius 3 is 2.91 bits per heavy atom. The van der Waals surface area contributed by atoms with E-state index in [1.54, 1.807) is 0 Å². The minimum atomic E-state index is 0.0806. The lowest BCUT2D eigenvalue weighted by molar-refractivity contribution is -0.123. The fourth-order valence-corrected chi connectivity index (χ4v) is 5.04. The lowest BCUT2D eigenvalue weighted by atomic mass is 10.1. The molecule has 1 saturated carbocycles. The van der Waals surface area contributed by atoms with Crippen LogP contribution >= 0.6 is 24.0 Å². The van der Waals surface area contributed by atoms with Crippen molar-refractivity contribution >= 4 is 40.3 Å². The molecular weight excluding hydrogens is 326 g/mol. The van der Waals surface area contributed by atoms with Gasteiger partial charge in [0.1, 0.15) is 16.2 Å². The van der Waals surface area contributed by atoms with Crippen LogP contribution in [0, 0.1) is 0 Å². The maximum Gasteiger partial charge on any atom is 0.266 e. The monoisotopic (exact) mass is 345 g/mol. The van der Waals surface area contributed by atoms with Crippen molar-refractivity contribution in [2.24, 2.45) is 0 Å². The second kappa shape index (κ2) is 5.95. The van der Waals surface area contributed by atoms with Gasteiger partial charge in [-0.3, -0.25) is 9.69 Å². The lowest BCUT2D eigenvalue weighted by Crippen LogP contribution is -2.36. The van der Waals surface area contributed by atoms with Crippen molar-refractivity contribution in [2.75, 3.05) is 0 Å². The molecule has 0 N–H and O–H groups in total. The highest BCUT2D eigenvalue weighted by molar-refractivity contribution is 8.26. The van der Waals surface area contributed by atoms with Crippen molar-refractivity contribution in [3.63, 3.8) is 0 Å². The SMILES string of the molecule is CC1Cc2cc(/C=C3\SC(=S)N(C4CCCC4)C3=O)ccc2O1. The van der Waals surface area contributed by atoms with Gasteiger partial charge in [0.05, 0.1) is 4.91 Å². The van der Waals surface area contributed by atoms with E-state index in [0.29, 0.717) is 10.4 Å². The molecule has 0 bridgehead atoms. The third-order valence-corrected chi connectivity index (χ3v) is 6.06. The average Bonchev–Trinajstić information content (AvgIpc) is 3.19. The number of nitrogens with zero attached hydrogens (tertiary/aromatic N) is 1. The number of thioether (sulfide) groups is 1. The molecule has 23 heavy (non-hydrogen) atoms. The van der Waals surface area contributed by atoms with Gasteiger partial charge in [0.25, 0.3) is 5.91 Å². The largest absolute Gasteiger partial charge is 0.490 e. The summed E-state index contributed by atoms with van der Waals surface area (Å²) >= 11 is 6.88. The highest BCUT2D eigenvalue weighted by atomic mass is 32.2. The van der Waals surface area contributed by atoms with Gasteiger partial charge in [-0.1, -0.05) is 42.9 Å². The summed E-state index contributed by atoms with van der Waals surface area (Å²) in [5, 5.41) is 0. The number of fused-ring (bicyclic) bond motifs is 1. The first-order valence-electron chi connectivity index (χ1n) is 8.18. The Kier molecular flexibility index (Phi) is 3.93. The molecule has 2 heterocycles. The summed E-state index contributed by atoms with van der Waals surface area (Å²) in [5.74, 6) is 1.05. The lowest BCUT2D eigenvalue weighted by Gasteiger charge is -2.21. The van der Waals surface area contributed by atoms with E-state index in [-0.39, 0.29) is 12.0 Å². The van der Waals surface area contributed by atoms with Gasteiger partial charge >= 0.3 is 0 Å². The van der Waals surface area contributed by atoms with E-state index in [2.05, 4.69) is 13.0 Å². The number of hydrogen-bond donors (Lipinski definition) is 0. The molecule has 1 atom stereocenters. The van der Waals surface area contributed by atoms with Gasteiger partial charge in [0.2, 0.25) is 0 Å². The minimum absolute atomic E-state index is 0.0806. The van der Waals surface area contributed by atoms with Gasteiger partial charge in [0.15, 0.2) is 0 Å². The molecule has 4 rings (SSSR count). The van der Waals surface area contributed by atoms with Crippen LogP contribution in [0.2, 0.25) is 0 Å². The molecule has 2 aliphatic heterocycles. The first-order chi connectivity index (χ1) is 11.1. The summed E-state index contributed by atoms with van der Waals surface area (Å²) in [6.45, 7) is 2.08. The fourth-order valence-electron chi connectivity index (χ4n) is 3.64. The van der Waals surface area contributed by atoms with E-state index in [1.807, 2.05) is 23.1 Å². The number of thiocarbonyl (C=S) groups is 1. The van der Waals surface area contributed by atoms with Crippen LogP contribution in [0.15, 0.2) is 23.1 Å². The second-order valence-corrected chi connectivity index (χ2v) is 8.17. The first-order valence-corrected chi connectivity index (χ1v) is 9.41. The Morgan fingerprint density at radius 2 is 2.13 bits per heavy atom. The summed E-state index contributed by atoms with van der Waals surface area (Å²) in [5.41, 5.74) is 2.27. The topological polar surface area (TPSA) is 29.5 Å². The minimum Gasteiger partial charge on any atom is -0.490 e. The highest BCUT2D eigenvalue weighted by Crippen LogP contribution is 2.38. The van der Waals surface area contributed by atoms with E-state index >= 15 is 0 Å². The third kappa shape index (κ3) is 2.81. The Balaban J connectivity index is 1.58. The first kappa shape index (κ1) is 15.2. The van der Waals surface area contributed by atoms with E-state index < -0.39 is 0 Å². The zero-order valence-corrected chi connectivity index (χ0v) is 14.7. The van der Waals surface area contributed by atoms with Gasteiger partial charge < -0.3 is 4.74 Å². The Morgan fingerprint density at radius 1 is 1.35 bits per heavy atom. The molecule has 5 heteroatoms. The average molecular weight is 345 g/mol. The summed E-state index contributed by atoms with van der Waals surface area (Å²) in [6.07, 6.45) is 7.69. The van der Waals surface area contributed by atoms with E-state index in [0.717, 1.165) is 35.5 Å². The van der Waals surface area contributed by atoms with Crippen LogP contribution in [0.3, 0.4) is 0 Å². The van der Waals surface area contributed by atoms with Crippen LogP contribution < -0.4 is 4.74 Å². The van der Waals surface area contributed by atoms with Crippen molar-refractivity contribution in [3.8, 4) is 5.75 Å². The molecule has 1 aliphatic carbocycles. The molecule has 3 aliphatic rings. The second-order valence-electron chi connectivity index (χ2n) is 6.49. The summed E-state index contributed by atoms with van der Waals surface area (Å²) < 4.78 is 6.45. The fraction of sp³-hybridized carbons (Fsp3) is 0.444. The summed E-state index contributed by atoms with van der Waals surface area (Å²) in [7, 11) is 0. The van der Waals surface area contributed by atoms with Crippen molar-refractivity contribution in [2.45, 2.75) is 51.2 Å². The van der Waals surface area contributed by atoms with E-state index in [9.17, 15) is 4.79 Å². The normalized spacial score (nSPS) is 26.2. The molecule has 120 valence electrons. The molecule has 3 nitrogen and oxygen atoms in total. The van der Waals surface area contributed by atoms with E-state index in [4.69, 9.17) is 17.0 Å². The Bertz CT molecular complexity index is 707. The quantitative estimate of drug-likeness (QED) is 0.595. The summed E-state index contributed by atoms with van der Waals surface area (Å²) in [6, 6.07) is 6.45. The van der Waals surface area contributed by atoms with Crippen LogP contribution in [0.25, 0.3) is 6.08 Å². The predicted octanol–water partition coefficient (Wildman–Crippen LogP) is 4.15. The zero-order valence-electron chi connectivity index (χ0n) is 13.1. The van der Waals surface area contributed by atoms with Gasteiger partial charge in [-0.25, -0.2) is 0 Å².